The highest BCUT2D eigenvalue weighted by molar-refractivity contribution is 6.33. The van der Waals surface area contributed by atoms with Gasteiger partial charge in [0.25, 0.3) is 0 Å². The van der Waals surface area contributed by atoms with Crippen molar-refractivity contribution in [3.63, 3.8) is 0 Å². The highest BCUT2D eigenvalue weighted by Crippen LogP contribution is 2.33. The van der Waals surface area contributed by atoms with E-state index >= 15 is 0 Å². The second-order valence-electron chi connectivity index (χ2n) is 8.39. The van der Waals surface area contributed by atoms with Crippen LogP contribution in [0, 0.1) is 13.8 Å². The fourth-order valence-electron chi connectivity index (χ4n) is 3.74. The van der Waals surface area contributed by atoms with E-state index in [2.05, 4.69) is 19.0 Å². The third-order valence-electron chi connectivity index (χ3n) is 5.40. The van der Waals surface area contributed by atoms with Gasteiger partial charge in [-0.2, -0.15) is 0 Å². The molecule has 0 spiro atoms. The minimum atomic E-state index is -1.03. The lowest BCUT2D eigenvalue weighted by atomic mass is 10.0. The van der Waals surface area contributed by atoms with Gasteiger partial charge in [-0.15, -0.1) is 0 Å². The predicted octanol–water partition coefficient (Wildman–Crippen LogP) is 6.13. The van der Waals surface area contributed by atoms with E-state index in [0.717, 1.165) is 39.2 Å². The lowest BCUT2D eigenvalue weighted by Crippen LogP contribution is -2.10. The van der Waals surface area contributed by atoms with E-state index in [9.17, 15) is 4.79 Å². The molecule has 0 saturated heterocycles. The molecule has 0 unspecified atom stereocenters. The highest BCUT2D eigenvalue weighted by atomic mass is 35.5. The highest BCUT2D eigenvalue weighted by Gasteiger charge is 2.20. The van der Waals surface area contributed by atoms with Crippen molar-refractivity contribution in [3.8, 4) is 17.2 Å². The molecular formula is C25H25ClN2O5. The zero-order valence-corrected chi connectivity index (χ0v) is 19.7. The van der Waals surface area contributed by atoms with E-state index in [4.69, 9.17) is 35.4 Å². The van der Waals surface area contributed by atoms with E-state index in [1.54, 1.807) is 6.07 Å². The fraction of sp³-hybridized carbons (Fsp3) is 0.320. The van der Waals surface area contributed by atoms with Gasteiger partial charge >= 0.3 is 5.97 Å². The third kappa shape index (κ3) is 4.88. The van der Waals surface area contributed by atoms with E-state index in [1.165, 1.54) is 0 Å². The molecule has 2 heterocycles. The lowest BCUT2D eigenvalue weighted by Gasteiger charge is -2.06. The Morgan fingerprint density at radius 3 is 2.61 bits per heavy atom. The number of benzene rings is 2. The van der Waals surface area contributed by atoms with Gasteiger partial charge < -0.3 is 18.8 Å². The molecule has 7 nitrogen and oxygen atoms in total. The lowest BCUT2D eigenvalue weighted by molar-refractivity contribution is -0.139. The fourth-order valence-corrected chi connectivity index (χ4v) is 4.05. The number of aliphatic carboxylic acids is 1. The van der Waals surface area contributed by atoms with Gasteiger partial charge in [-0.1, -0.05) is 36.7 Å². The maximum Gasteiger partial charge on any atom is 0.341 e. The van der Waals surface area contributed by atoms with Crippen molar-refractivity contribution in [2.24, 2.45) is 0 Å². The standard InChI is InChI=1S/C25H25ClN2O5/c1-13(2)24-20(27-25(32-24)16-6-5-14(3)9-18(16)26)8-7-19-17-10-15(4)21(31-12-23(29)30)11-22(17)33-28-19/h5-6,9-11,13H,7-8,12H2,1-4H3,(H,29,30). The Morgan fingerprint density at radius 1 is 1.15 bits per heavy atom. The summed E-state index contributed by atoms with van der Waals surface area (Å²) in [7, 11) is 0. The Morgan fingerprint density at radius 2 is 1.91 bits per heavy atom. The monoisotopic (exact) mass is 468 g/mol. The number of carbonyl (C=O) groups is 1. The van der Waals surface area contributed by atoms with Crippen LogP contribution in [0.25, 0.3) is 22.4 Å². The summed E-state index contributed by atoms with van der Waals surface area (Å²) < 4.78 is 16.9. The van der Waals surface area contributed by atoms with Crippen LogP contribution in [0.15, 0.2) is 39.3 Å². The first-order chi connectivity index (χ1) is 15.7. The normalized spacial score (nSPS) is 11.5. The van der Waals surface area contributed by atoms with Crippen LogP contribution in [0.3, 0.4) is 0 Å². The summed E-state index contributed by atoms with van der Waals surface area (Å²) in [6.07, 6.45) is 1.23. The molecule has 2 aromatic heterocycles. The molecule has 0 atom stereocenters. The van der Waals surface area contributed by atoms with Gasteiger partial charge in [0.1, 0.15) is 11.5 Å². The first-order valence-electron chi connectivity index (χ1n) is 10.7. The molecule has 0 aliphatic carbocycles. The number of carboxylic acid groups (broad SMARTS) is 1. The molecule has 0 fully saturated rings. The molecular weight excluding hydrogens is 444 g/mol. The SMILES string of the molecule is Cc1ccc(-c2nc(CCc3noc4cc(OCC(=O)O)c(C)cc34)c(C(C)C)o2)c(Cl)c1. The minimum absolute atomic E-state index is 0.163. The number of fused-ring (bicyclic) bond motifs is 1. The van der Waals surface area contributed by atoms with E-state index < -0.39 is 12.6 Å². The Balaban J connectivity index is 1.59. The van der Waals surface area contributed by atoms with Crippen molar-refractivity contribution < 1.29 is 23.6 Å². The van der Waals surface area contributed by atoms with Gasteiger partial charge in [0, 0.05) is 17.4 Å². The molecule has 2 aromatic carbocycles. The Hall–Kier alpha value is -3.32. The molecule has 4 rings (SSSR count). The molecule has 0 aliphatic heterocycles. The van der Waals surface area contributed by atoms with Crippen LogP contribution in [-0.2, 0) is 17.6 Å². The molecule has 33 heavy (non-hydrogen) atoms. The molecule has 0 radical (unpaired) electrons. The van der Waals surface area contributed by atoms with E-state index in [1.807, 2.05) is 38.1 Å². The number of carboxylic acids is 1. The van der Waals surface area contributed by atoms with Crippen LogP contribution >= 0.6 is 11.6 Å². The van der Waals surface area contributed by atoms with E-state index in [0.29, 0.717) is 35.1 Å². The summed E-state index contributed by atoms with van der Waals surface area (Å²) in [4.78, 5) is 15.6. The quantitative estimate of drug-likeness (QED) is 0.332. The summed E-state index contributed by atoms with van der Waals surface area (Å²) in [6.45, 7) is 7.57. The van der Waals surface area contributed by atoms with Crippen LogP contribution in [0.4, 0.5) is 0 Å². The summed E-state index contributed by atoms with van der Waals surface area (Å²) >= 11 is 6.43. The summed E-state index contributed by atoms with van der Waals surface area (Å²) in [6, 6.07) is 9.39. The molecule has 0 amide bonds. The Kier molecular flexibility index (Phi) is 6.42. The van der Waals surface area contributed by atoms with Crippen molar-refractivity contribution in [2.45, 2.75) is 46.5 Å². The van der Waals surface area contributed by atoms with Crippen LogP contribution in [-0.4, -0.2) is 27.8 Å². The average molecular weight is 469 g/mol. The number of aryl methyl sites for hydroxylation is 4. The minimum Gasteiger partial charge on any atom is -0.481 e. The van der Waals surface area contributed by atoms with Crippen molar-refractivity contribution in [1.82, 2.24) is 10.1 Å². The number of hydrogen-bond acceptors (Lipinski definition) is 6. The van der Waals surface area contributed by atoms with E-state index in [-0.39, 0.29) is 5.92 Å². The summed E-state index contributed by atoms with van der Waals surface area (Å²) in [5.74, 6) is 0.934. The molecule has 0 saturated carbocycles. The molecule has 1 N–H and O–H groups in total. The second kappa shape index (κ2) is 9.27. The van der Waals surface area contributed by atoms with Crippen LogP contribution < -0.4 is 4.74 Å². The van der Waals surface area contributed by atoms with Crippen molar-refractivity contribution in [2.75, 3.05) is 6.61 Å². The zero-order chi connectivity index (χ0) is 23.7. The maximum absolute atomic E-state index is 10.8. The van der Waals surface area contributed by atoms with Gasteiger partial charge in [-0.3, -0.25) is 0 Å². The number of halogens is 1. The van der Waals surface area contributed by atoms with Crippen LogP contribution in [0.1, 0.15) is 48.0 Å². The number of nitrogens with zero attached hydrogens (tertiary/aromatic N) is 2. The van der Waals surface area contributed by atoms with Crippen molar-refractivity contribution >= 4 is 28.5 Å². The van der Waals surface area contributed by atoms with Crippen LogP contribution in [0.5, 0.6) is 5.75 Å². The predicted molar refractivity (Wildman–Crippen MR) is 125 cm³/mol. The second-order valence-corrected chi connectivity index (χ2v) is 8.80. The number of rotatable bonds is 8. The van der Waals surface area contributed by atoms with Crippen LogP contribution in [0.2, 0.25) is 5.02 Å². The zero-order valence-electron chi connectivity index (χ0n) is 18.9. The van der Waals surface area contributed by atoms with Gasteiger partial charge in [0.05, 0.1) is 22.0 Å². The summed E-state index contributed by atoms with van der Waals surface area (Å²) in [5.41, 5.74) is 4.87. The largest absolute Gasteiger partial charge is 0.481 e. The van der Waals surface area contributed by atoms with Gasteiger partial charge in [0.2, 0.25) is 5.89 Å². The number of hydrogen-bond donors (Lipinski definition) is 1. The summed E-state index contributed by atoms with van der Waals surface area (Å²) in [5, 5.41) is 14.5. The Bertz CT molecular complexity index is 1320. The molecule has 4 aromatic rings. The van der Waals surface area contributed by atoms with Gasteiger partial charge in [0.15, 0.2) is 12.2 Å². The number of oxazole rings is 1. The molecule has 0 bridgehead atoms. The average Bonchev–Trinajstić information content (AvgIpc) is 3.34. The first-order valence-corrected chi connectivity index (χ1v) is 11.1. The third-order valence-corrected chi connectivity index (χ3v) is 5.71. The Labute approximate surface area is 196 Å². The molecule has 0 aliphatic rings. The number of ether oxygens (including phenoxy) is 1. The topological polar surface area (TPSA) is 98.6 Å². The smallest absolute Gasteiger partial charge is 0.341 e. The number of aromatic nitrogens is 2. The van der Waals surface area contributed by atoms with Crippen molar-refractivity contribution in [3.05, 3.63) is 63.6 Å². The van der Waals surface area contributed by atoms with Gasteiger partial charge in [-0.25, -0.2) is 9.78 Å². The first kappa shape index (κ1) is 22.9. The van der Waals surface area contributed by atoms with Gasteiger partial charge in [-0.05, 0) is 56.0 Å². The molecule has 8 heteroatoms. The van der Waals surface area contributed by atoms with Crippen molar-refractivity contribution in [1.29, 1.82) is 0 Å². The maximum atomic E-state index is 10.8. The molecule has 172 valence electrons.